The zero-order valence-corrected chi connectivity index (χ0v) is 12.8. The van der Waals surface area contributed by atoms with E-state index in [0.717, 1.165) is 25.9 Å². The van der Waals surface area contributed by atoms with E-state index in [9.17, 15) is 14.7 Å². The van der Waals surface area contributed by atoms with E-state index in [4.69, 9.17) is 4.74 Å². The molecule has 7 nitrogen and oxygen atoms in total. The Bertz CT molecular complexity index is 382. The fourth-order valence-electron chi connectivity index (χ4n) is 2.97. The molecule has 2 aliphatic rings. The highest BCUT2D eigenvalue weighted by Crippen LogP contribution is 2.18. The maximum atomic E-state index is 12.5. The van der Waals surface area contributed by atoms with Crippen LogP contribution < -0.4 is 0 Å². The van der Waals surface area contributed by atoms with Gasteiger partial charge in [-0.2, -0.15) is 0 Å². The number of carboxylic acid groups (broad SMARTS) is 1. The lowest BCUT2D eigenvalue weighted by molar-refractivity contribution is -0.147. The zero-order chi connectivity index (χ0) is 15.4. The van der Waals surface area contributed by atoms with Gasteiger partial charge in [0.2, 0.25) is 0 Å². The van der Waals surface area contributed by atoms with Crippen LogP contribution in [0.1, 0.15) is 12.8 Å². The Kier molecular flexibility index (Phi) is 5.41. The number of rotatable bonds is 3. The standard InChI is InChI=1S/C14H25N3O4/c1-15-5-3-11(4-6-15)9-16(2)14(20)17-7-8-21-10-12(17)13(18)19/h11-12H,3-10H2,1-2H3,(H,18,19). The summed E-state index contributed by atoms with van der Waals surface area (Å²) >= 11 is 0. The molecule has 21 heavy (non-hydrogen) atoms. The summed E-state index contributed by atoms with van der Waals surface area (Å²) in [5.41, 5.74) is 0. The average molecular weight is 299 g/mol. The van der Waals surface area contributed by atoms with Gasteiger partial charge in [-0.3, -0.25) is 0 Å². The van der Waals surface area contributed by atoms with Crippen molar-refractivity contribution in [1.82, 2.24) is 14.7 Å². The number of morpholine rings is 1. The Balaban J connectivity index is 1.90. The second-order valence-electron chi connectivity index (χ2n) is 6.03. The number of piperidine rings is 1. The molecule has 0 spiro atoms. The molecule has 7 heteroatoms. The van der Waals surface area contributed by atoms with Gasteiger partial charge in [0.1, 0.15) is 0 Å². The SMILES string of the molecule is CN1CCC(CN(C)C(=O)N2CCOCC2C(=O)O)CC1. The largest absolute Gasteiger partial charge is 0.480 e. The van der Waals surface area contributed by atoms with E-state index < -0.39 is 12.0 Å². The van der Waals surface area contributed by atoms with Crippen molar-refractivity contribution < 1.29 is 19.4 Å². The molecule has 0 aromatic rings. The molecule has 0 bridgehead atoms. The third-order valence-electron chi connectivity index (χ3n) is 4.36. The summed E-state index contributed by atoms with van der Waals surface area (Å²) in [5.74, 6) is -0.504. The highest BCUT2D eigenvalue weighted by molar-refractivity contribution is 5.83. The van der Waals surface area contributed by atoms with Gasteiger partial charge in [-0.05, 0) is 38.9 Å². The third-order valence-corrected chi connectivity index (χ3v) is 4.36. The molecule has 1 N–H and O–H groups in total. The van der Waals surface area contributed by atoms with E-state index in [1.54, 1.807) is 11.9 Å². The normalized spacial score (nSPS) is 24.9. The lowest BCUT2D eigenvalue weighted by Crippen LogP contribution is -2.56. The highest BCUT2D eigenvalue weighted by atomic mass is 16.5. The topological polar surface area (TPSA) is 73.3 Å². The van der Waals surface area contributed by atoms with Crippen LogP contribution in [0.25, 0.3) is 0 Å². The molecule has 1 unspecified atom stereocenters. The van der Waals surface area contributed by atoms with Gasteiger partial charge in [0.15, 0.2) is 6.04 Å². The number of carbonyl (C=O) groups is 2. The van der Waals surface area contributed by atoms with Gasteiger partial charge >= 0.3 is 12.0 Å². The lowest BCUT2D eigenvalue weighted by Gasteiger charge is -2.37. The molecular weight excluding hydrogens is 274 g/mol. The molecule has 0 aromatic carbocycles. The van der Waals surface area contributed by atoms with E-state index >= 15 is 0 Å². The van der Waals surface area contributed by atoms with Crippen molar-refractivity contribution in [2.24, 2.45) is 5.92 Å². The number of nitrogens with zero attached hydrogens (tertiary/aromatic N) is 3. The predicted octanol–water partition coefficient (Wildman–Crippen LogP) is 0.165. The summed E-state index contributed by atoms with van der Waals surface area (Å²) in [5, 5.41) is 9.19. The quantitative estimate of drug-likeness (QED) is 0.804. The average Bonchev–Trinajstić information content (AvgIpc) is 2.48. The Morgan fingerprint density at radius 1 is 1.29 bits per heavy atom. The van der Waals surface area contributed by atoms with Crippen molar-refractivity contribution in [1.29, 1.82) is 0 Å². The van der Waals surface area contributed by atoms with Crippen molar-refractivity contribution >= 4 is 12.0 Å². The number of carbonyl (C=O) groups excluding carboxylic acids is 1. The van der Waals surface area contributed by atoms with Crippen LogP contribution in [0.3, 0.4) is 0 Å². The van der Waals surface area contributed by atoms with Crippen LogP contribution in [0.2, 0.25) is 0 Å². The van der Waals surface area contributed by atoms with Gasteiger partial charge < -0.3 is 24.5 Å². The maximum Gasteiger partial charge on any atom is 0.328 e. The summed E-state index contributed by atoms with van der Waals surface area (Å²) in [6.07, 6.45) is 2.17. The van der Waals surface area contributed by atoms with E-state index in [2.05, 4.69) is 11.9 Å². The molecule has 0 aromatic heterocycles. The molecule has 2 amide bonds. The van der Waals surface area contributed by atoms with Crippen molar-refractivity contribution in [2.45, 2.75) is 18.9 Å². The molecular formula is C14H25N3O4. The Morgan fingerprint density at radius 2 is 1.95 bits per heavy atom. The number of likely N-dealkylation sites (tertiary alicyclic amines) is 1. The summed E-state index contributed by atoms with van der Waals surface area (Å²) < 4.78 is 5.17. The van der Waals surface area contributed by atoms with Crippen LogP contribution in [0.15, 0.2) is 0 Å². The Labute approximate surface area is 125 Å². The first-order chi connectivity index (χ1) is 9.99. The maximum absolute atomic E-state index is 12.5. The van der Waals surface area contributed by atoms with Crippen LogP contribution in [0.5, 0.6) is 0 Å². The molecule has 2 saturated heterocycles. The van der Waals surface area contributed by atoms with Gasteiger partial charge in [-0.15, -0.1) is 0 Å². The third kappa shape index (κ3) is 4.07. The van der Waals surface area contributed by atoms with E-state index in [0.29, 0.717) is 25.6 Å². The smallest absolute Gasteiger partial charge is 0.328 e. The summed E-state index contributed by atoms with van der Waals surface area (Å²) in [6, 6.07) is -1.07. The molecule has 0 radical (unpaired) electrons. The van der Waals surface area contributed by atoms with E-state index in [-0.39, 0.29) is 12.6 Å². The Morgan fingerprint density at radius 3 is 2.57 bits per heavy atom. The molecule has 2 aliphatic heterocycles. The second-order valence-corrected chi connectivity index (χ2v) is 6.03. The fourth-order valence-corrected chi connectivity index (χ4v) is 2.97. The van der Waals surface area contributed by atoms with Crippen LogP contribution in [-0.4, -0.2) is 91.3 Å². The number of aliphatic carboxylic acids is 1. The summed E-state index contributed by atoms with van der Waals surface area (Å²) in [4.78, 5) is 29.1. The van der Waals surface area contributed by atoms with Crippen molar-refractivity contribution in [3.8, 4) is 0 Å². The minimum Gasteiger partial charge on any atom is -0.480 e. The number of hydrogen-bond acceptors (Lipinski definition) is 4. The van der Waals surface area contributed by atoms with E-state index in [1.165, 1.54) is 4.90 Å². The van der Waals surface area contributed by atoms with Gasteiger partial charge in [-0.1, -0.05) is 0 Å². The van der Waals surface area contributed by atoms with Crippen LogP contribution in [0.4, 0.5) is 4.79 Å². The molecule has 0 saturated carbocycles. The van der Waals surface area contributed by atoms with Gasteiger partial charge in [0.25, 0.3) is 0 Å². The van der Waals surface area contributed by atoms with Crippen LogP contribution in [-0.2, 0) is 9.53 Å². The van der Waals surface area contributed by atoms with Crippen LogP contribution in [0, 0.1) is 5.92 Å². The lowest BCUT2D eigenvalue weighted by atomic mass is 9.97. The number of hydrogen-bond donors (Lipinski definition) is 1. The molecule has 2 heterocycles. The van der Waals surface area contributed by atoms with Crippen LogP contribution >= 0.6 is 0 Å². The van der Waals surface area contributed by atoms with Gasteiger partial charge in [-0.25, -0.2) is 9.59 Å². The van der Waals surface area contributed by atoms with E-state index in [1.807, 2.05) is 0 Å². The minimum absolute atomic E-state index is 0.0726. The molecule has 0 aliphatic carbocycles. The monoisotopic (exact) mass is 299 g/mol. The summed E-state index contributed by atoms with van der Waals surface area (Å²) in [7, 11) is 3.87. The second kappa shape index (κ2) is 7.09. The number of amides is 2. The van der Waals surface area contributed by atoms with Crippen molar-refractivity contribution in [2.75, 3.05) is 53.5 Å². The van der Waals surface area contributed by atoms with Gasteiger partial charge in [0.05, 0.1) is 13.2 Å². The molecule has 2 rings (SSSR count). The first-order valence-corrected chi connectivity index (χ1v) is 7.50. The zero-order valence-electron chi connectivity index (χ0n) is 12.8. The van der Waals surface area contributed by atoms with Crippen molar-refractivity contribution in [3.05, 3.63) is 0 Å². The molecule has 120 valence electrons. The van der Waals surface area contributed by atoms with Crippen molar-refractivity contribution in [3.63, 3.8) is 0 Å². The molecule has 2 fully saturated rings. The fraction of sp³-hybridized carbons (Fsp3) is 0.857. The molecule has 1 atom stereocenters. The summed E-state index contributed by atoms with van der Waals surface area (Å²) in [6.45, 7) is 3.62. The predicted molar refractivity (Wildman–Crippen MR) is 77.2 cm³/mol. The number of urea groups is 1. The minimum atomic E-state index is -1.00. The number of carboxylic acids is 1. The first-order valence-electron chi connectivity index (χ1n) is 7.50. The first kappa shape index (κ1) is 16.0. The van der Waals surface area contributed by atoms with Gasteiger partial charge in [0, 0.05) is 20.1 Å². The number of ether oxygens (including phenoxy) is 1. The Hall–Kier alpha value is -1.34. The highest BCUT2D eigenvalue weighted by Gasteiger charge is 2.34.